The van der Waals surface area contributed by atoms with Gasteiger partial charge in [-0.3, -0.25) is 4.90 Å². The van der Waals surface area contributed by atoms with Crippen LogP contribution in [0.5, 0.6) is 0 Å². The van der Waals surface area contributed by atoms with E-state index in [1.54, 1.807) is 5.56 Å². The average Bonchev–Trinajstić information content (AvgIpc) is 3.29. The second-order valence-corrected chi connectivity index (χ2v) is 10.6. The molecular formula is C26H38N2O. The third kappa shape index (κ3) is 3.07. The standard InChI is InChI=1S/C26H38N2O/c1-2-5-9-14-27-16-13-23-22-17-21(12-8-3-1)29-24(22)25-26(23,19-27)18-20-11-7-4-6-10-15-28(20)25/h7,11,17,20,23,25H,1-6,8-10,12-16,18-19H2/t20-,23-,25-,26-/m0/s1. The normalized spacial score (nSPS) is 40.1. The number of hydrogen-bond donors (Lipinski definition) is 0. The fourth-order valence-electron chi connectivity index (χ4n) is 7.60. The van der Waals surface area contributed by atoms with E-state index in [9.17, 15) is 0 Å². The Bertz CT molecular complexity index is 767. The summed E-state index contributed by atoms with van der Waals surface area (Å²) in [7, 11) is 0. The van der Waals surface area contributed by atoms with Crippen molar-refractivity contribution in [2.24, 2.45) is 5.41 Å². The van der Waals surface area contributed by atoms with Crippen LogP contribution in [0.3, 0.4) is 0 Å². The monoisotopic (exact) mass is 394 g/mol. The summed E-state index contributed by atoms with van der Waals surface area (Å²) < 4.78 is 6.73. The van der Waals surface area contributed by atoms with Crippen molar-refractivity contribution < 1.29 is 4.42 Å². The van der Waals surface area contributed by atoms with Gasteiger partial charge in [-0.1, -0.05) is 37.8 Å². The van der Waals surface area contributed by atoms with Gasteiger partial charge in [-0.15, -0.1) is 0 Å². The Balaban J connectivity index is 1.41. The molecule has 1 spiro atoms. The van der Waals surface area contributed by atoms with Crippen LogP contribution in [0.2, 0.25) is 0 Å². The van der Waals surface area contributed by atoms with Gasteiger partial charge in [0.15, 0.2) is 0 Å². The van der Waals surface area contributed by atoms with E-state index in [4.69, 9.17) is 4.42 Å². The lowest BCUT2D eigenvalue weighted by molar-refractivity contribution is 0.0363. The number of aryl methyl sites for hydroxylation is 1. The number of allylic oxidation sites excluding steroid dienone is 1. The molecule has 0 saturated carbocycles. The number of nitrogens with zero attached hydrogens (tertiary/aromatic N) is 2. The molecule has 1 unspecified atom stereocenters. The molecule has 6 bridgehead atoms. The number of piperidine rings is 1. The number of fused-ring (bicyclic) bond motifs is 9. The molecule has 5 atom stereocenters. The van der Waals surface area contributed by atoms with Crippen LogP contribution in [-0.2, 0) is 6.42 Å². The van der Waals surface area contributed by atoms with E-state index in [2.05, 4.69) is 28.0 Å². The highest BCUT2D eigenvalue weighted by Gasteiger charge is 2.64. The lowest BCUT2D eigenvalue weighted by Crippen LogP contribution is -2.47. The highest BCUT2D eigenvalue weighted by Crippen LogP contribution is 2.67. The lowest BCUT2D eigenvalue weighted by Gasteiger charge is -2.45. The first-order valence-corrected chi connectivity index (χ1v) is 12.6. The first-order chi connectivity index (χ1) is 14.4. The Labute approximate surface area is 176 Å². The molecule has 1 aromatic heterocycles. The molecule has 0 aromatic carbocycles. The fraction of sp³-hybridized carbons (Fsp3) is 0.769. The van der Waals surface area contributed by atoms with E-state index in [1.807, 2.05) is 0 Å². The molecule has 7 rings (SSSR count). The third-order valence-electron chi connectivity index (χ3n) is 8.85. The summed E-state index contributed by atoms with van der Waals surface area (Å²) in [6.07, 6.45) is 21.1. The predicted molar refractivity (Wildman–Crippen MR) is 117 cm³/mol. The summed E-state index contributed by atoms with van der Waals surface area (Å²) in [5.74, 6) is 3.40. The van der Waals surface area contributed by atoms with Crippen LogP contribution in [0.15, 0.2) is 22.6 Å². The van der Waals surface area contributed by atoms with Crippen molar-refractivity contribution in [2.75, 3.05) is 26.2 Å². The summed E-state index contributed by atoms with van der Waals surface area (Å²) in [5, 5.41) is 0. The fourth-order valence-corrected chi connectivity index (χ4v) is 7.60. The minimum Gasteiger partial charge on any atom is -0.464 e. The summed E-state index contributed by atoms with van der Waals surface area (Å²) >= 11 is 0. The molecule has 0 radical (unpaired) electrons. The van der Waals surface area contributed by atoms with Gasteiger partial charge in [-0.2, -0.15) is 0 Å². The van der Waals surface area contributed by atoms with Crippen molar-refractivity contribution in [3.63, 3.8) is 0 Å². The van der Waals surface area contributed by atoms with Gasteiger partial charge >= 0.3 is 0 Å². The number of rotatable bonds is 0. The second-order valence-electron chi connectivity index (χ2n) is 10.6. The Kier molecular flexibility index (Phi) is 4.88. The summed E-state index contributed by atoms with van der Waals surface area (Å²) in [5.41, 5.74) is 2.01. The smallest absolute Gasteiger partial charge is 0.125 e. The molecule has 2 fully saturated rings. The maximum atomic E-state index is 6.73. The molecule has 3 heteroatoms. The molecule has 5 aliphatic heterocycles. The van der Waals surface area contributed by atoms with Crippen molar-refractivity contribution in [3.05, 3.63) is 35.3 Å². The molecule has 3 nitrogen and oxygen atoms in total. The van der Waals surface area contributed by atoms with Crippen LogP contribution in [-0.4, -0.2) is 42.0 Å². The summed E-state index contributed by atoms with van der Waals surface area (Å²) in [4.78, 5) is 5.70. The average molecular weight is 395 g/mol. The zero-order valence-corrected chi connectivity index (χ0v) is 18.1. The molecule has 0 N–H and O–H groups in total. The maximum Gasteiger partial charge on any atom is 0.125 e. The summed E-state index contributed by atoms with van der Waals surface area (Å²) in [6, 6.07) is 3.66. The number of furan rings is 1. The predicted octanol–water partition coefficient (Wildman–Crippen LogP) is 5.82. The van der Waals surface area contributed by atoms with Gasteiger partial charge in [0, 0.05) is 24.4 Å². The van der Waals surface area contributed by atoms with Gasteiger partial charge < -0.3 is 9.32 Å². The molecule has 6 heterocycles. The van der Waals surface area contributed by atoms with Crippen LogP contribution in [0, 0.1) is 5.41 Å². The van der Waals surface area contributed by atoms with Gasteiger partial charge in [-0.05, 0) is 82.1 Å². The highest BCUT2D eigenvalue weighted by molar-refractivity contribution is 5.42. The largest absolute Gasteiger partial charge is 0.464 e. The van der Waals surface area contributed by atoms with Crippen molar-refractivity contribution >= 4 is 0 Å². The van der Waals surface area contributed by atoms with Gasteiger partial charge in [-0.25, -0.2) is 0 Å². The maximum absolute atomic E-state index is 6.73. The molecule has 1 aliphatic carbocycles. The van der Waals surface area contributed by atoms with E-state index in [0.717, 1.165) is 12.3 Å². The molecular weight excluding hydrogens is 356 g/mol. The quantitative estimate of drug-likeness (QED) is 0.517. The second kappa shape index (κ2) is 7.57. The van der Waals surface area contributed by atoms with Gasteiger partial charge in [0.2, 0.25) is 0 Å². The van der Waals surface area contributed by atoms with Gasteiger partial charge in [0.1, 0.15) is 11.5 Å². The molecule has 2 saturated heterocycles. The highest BCUT2D eigenvalue weighted by atomic mass is 16.3. The molecule has 6 aliphatic rings. The Morgan fingerprint density at radius 3 is 2.76 bits per heavy atom. The molecule has 1 aromatic rings. The van der Waals surface area contributed by atoms with E-state index < -0.39 is 0 Å². The SMILES string of the molecule is C1=C[C@H]2C[C@@]34CN5CCCCCCCCc6cc(c(o6)[C@@H]3N2CCCC1)[C@@H]4CC5. The van der Waals surface area contributed by atoms with Crippen molar-refractivity contribution in [1.82, 2.24) is 9.80 Å². The Hall–Kier alpha value is -1.06. The van der Waals surface area contributed by atoms with Crippen LogP contribution in [0.1, 0.15) is 99.7 Å². The summed E-state index contributed by atoms with van der Waals surface area (Å²) in [6.45, 7) is 5.15. The topological polar surface area (TPSA) is 19.6 Å². The Morgan fingerprint density at radius 1 is 0.931 bits per heavy atom. The van der Waals surface area contributed by atoms with E-state index >= 15 is 0 Å². The number of hydrogen-bond acceptors (Lipinski definition) is 3. The molecule has 29 heavy (non-hydrogen) atoms. The third-order valence-corrected chi connectivity index (χ3v) is 8.85. The zero-order chi connectivity index (χ0) is 19.3. The van der Waals surface area contributed by atoms with Crippen LogP contribution in [0.4, 0.5) is 0 Å². The van der Waals surface area contributed by atoms with Crippen molar-refractivity contribution in [3.8, 4) is 0 Å². The first kappa shape index (κ1) is 18.7. The Morgan fingerprint density at radius 2 is 1.79 bits per heavy atom. The van der Waals surface area contributed by atoms with E-state index in [-0.39, 0.29) is 0 Å². The molecule has 158 valence electrons. The van der Waals surface area contributed by atoms with Gasteiger partial charge in [0.25, 0.3) is 0 Å². The lowest BCUT2D eigenvalue weighted by atomic mass is 9.68. The van der Waals surface area contributed by atoms with Crippen molar-refractivity contribution in [2.45, 2.75) is 95.1 Å². The van der Waals surface area contributed by atoms with Crippen LogP contribution in [0.25, 0.3) is 0 Å². The van der Waals surface area contributed by atoms with Crippen LogP contribution < -0.4 is 0 Å². The van der Waals surface area contributed by atoms with E-state index in [1.165, 1.54) is 108 Å². The van der Waals surface area contributed by atoms with E-state index in [0.29, 0.717) is 17.5 Å². The minimum atomic E-state index is 0.393. The van der Waals surface area contributed by atoms with Gasteiger partial charge in [0.05, 0.1) is 6.04 Å². The zero-order valence-electron chi connectivity index (χ0n) is 18.1. The van der Waals surface area contributed by atoms with Crippen LogP contribution >= 0.6 is 0 Å². The minimum absolute atomic E-state index is 0.393. The first-order valence-electron chi connectivity index (χ1n) is 12.6. The molecule has 0 amide bonds. The van der Waals surface area contributed by atoms with Crippen molar-refractivity contribution in [1.29, 1.82) is 0 Å².